The summed E-state index contributed by atoms with van der Waals surface area (Å²) < 4.78 is 9.44. The topological polar surface area (TPSA) is 81.1 Å². The number of aryl methyl sites for hydroxylation is 1. The second kappa shape index (κ2) is 6.78. The zero-order valence-electron chi connectivity index (χ0n) is 12.3. The molecule has 1 saturated heterocycles. The first-order valence-electron chi connectivity index (χ1n) is 7.22. The van der Waals surface area contributed by atoms with E-state index in [0.29, 0.717) is 35.7 Å². The van der Waals surface area contributed by atoms with Gasteiger partial charge in [-0.3, -0.25) is 4.79 Å². The minimum absolute atomic E-state index is 0.0214. The molecule has 1 atom stereocenters. The van der Waals surface area contributed by atoms with Gasteiger partial charge in [0, 0.05) is 31.4 Å². The number of rotatable bonds is 4. The Balaban J connectivity index is 1.57. The molecule has 116 valence electrons. The van der Waals surface area contributed by atoms with E-state index in [2.05, 4.69) is 19.6 Å². The van der Waals surface area contributed by atoms with Crippen molar-refractivity contribution < 1.29 is 9.53 Å². The molecule has 1 aliphatic rings. The minimum atomic E-state index is 0.0214. The smallest absolute Gasteiger partial charge is 0.316 e. The van der Waals surface area contributed by atoms with Crippen molar-refractivity contribution in [2.75, 3.05) is 19.7 Å². The second-order valence-corrected chi connectivity index (χ2v) is 6.04. The van der Waals surface area contributed by atoms with Crippen LogP contribution in [0.5, 0.6) is 6.01 Å². The number of hydrogen-bond donors (Lipinski definition) is 0. The summed E-state index contributed by atoms with van der Waals surface area (Å²) in [6, 6.07) is 2.13. The molecule has 0 aromatic carbocycles. The monoisotopic (exact) mass is 319 g/mol. The Morgan fingerprint density at radius 1 is 1.45 bits per heavy atom. The van der Waals surface area contributed by atoms with Gasteiger partial charge in [-0.2, -0.15) is 0 Å². The Labute approximate surface area is 132 Å². The average molecular weight is 319 g/mol. The largest absolute Gasteiger partial charge is 0.463 e. The van der Waals surface area contributed by atoms with Crippen LogP contribution in [0.25, 0.3) is 0 Å². The lowest BCUT2D eigenvalue weighted by atomic mass is 9.99. The Bertz CT molecular complexity index is 633. The van der Waals surface area contributed by atoms with Gasteiger partial charge in [-0.15, -0.1) is 5.10 Å². The number of carbonyl (C=O) groups is 1. The fourth-order valence-corrected chi connectivity index (χ4v) is 3.13. The highest BCUT2D eigenvalue weighted by Gasteiger charge is 2.27. The summed E-state index contributed by atoms with van der Waals surface area (Å²) in [6.45, 7) is 3.79. The predicted octanol–water partition coefficient (Wildman–Crippen LogP) is 1.57. The van der Waals surface area contributed by atoms with E-state index in [9.17, 15) is 4.79 Å². The van der Waals surface area contributed by atoms with Gasteiger partial charge >= 0.3 is 6.01 Å². The van der Waals surface area contributed by atoms with Crippen LogP contribution in [0, 0.1) is 12.8 Å². The van der Waals surface area contributed by atoms with E-state index in [4.69, 9.17) is 4.74 Å². The van der Waals surface area contributed by atoms with Crippen LogP contribution in [0.2, 0.25) is 0 Å². The molecule has 22 heavy (non-hydrogen) atoms. The summed E-state index contributed by atoms with van der Waals surface area (Å²) in [6.07, 6.45) is 5.31. The first-order chi connectivity index (χ1) is 10.7. The van der Waals surface area contributed by atoms with Crippen molar-refractivity contribution in [1.82, 2.24) is 24.5 Å². The van der Waals surface area contributed by atoms with E-state index in [1.807, 2.05) is 11.8 Å². The van der Waals surface area contributed by atoms with Crippen LogP contribution in [-0.4, -0.2) is 50.1 Å². The number of nitrogens with zero attached hydrogens (tertiary/aromatic N) is 5. The lowest BCUT2D eigenvalue weighted by Crippen LogP contribution is -2.41. The average Bonchev–Trinajstić information content (AvgIpc) is 2.99. The molecule has 2 aromatic heterocycles. The van der Waals surface area contributed by atoms with Crippen LogP contribution in [0.15, 0.2) is 18.5 Å². The van der Waals surface area contributed by atoms with Crippen molar-refractivity contribution in [1.29, 1.82) is 0 Å². The number of ether oxygens (including phenoxy) is 1. The van der Waals surface area contributed by atoms with Gasteiger partial charge in [0.25, 0.3) is 5.91 Å². The molecule has 7 nitrogen and oxygen atoms in total. The molecule has 0 aliphatic carbocycles. The number of aromatic nitrogens is 4. The number of amides is 1. The number of carbonyl (C=O) groups excluding carboxylic acids is 1. The van der Waals surface area contributed by atoms with E-state index in [1.165, 1.54) is 0 Å². The maximum atomic E-state index is 12.5. The third-order valence-corrected chi connectivity index (χ3v) is 4.46. The molecular formula is C14H17N5O2S. The van der Waals surface area contributed by atoms with Crippen LogP contribution in [0.1, 0.15) is 28.2 Å². The fourth-order valence-electron chi connectivity index (χ4n) is 2.51. The first kappa shape index (κ1) is 14.8. The molecule has 2 aromatic rings. The zero-order chi connectivity index (χ0) is 15.4. The molecule has 8 heteroatoms. The normalized spacial score (nSPS) is 18.2. The number of hydrogen-bond acceptors (Lipinski definition) is 7. The van der Waals surface area contributed by atoms with Crippen LogP contribution < -0.4 is 4.74 Å². The molecule has 0 spiro atoms. The number of piperidine rings is 1. The summed E-state index contributed by atoms with van der Waals surface area (Å²) in [5.41, 5.74) is 0.700. The lowest BCUT2D eigenvalue weighted by molar-refractivity contribution is 0.0632. The van der Waals surface area contributed by atoms with Crippen molar-refractivity contribution in [3.05, 3.63) is 29.0 Å². The van der Waals surface area contributed by atoms with E-state index < -0.39 is 0 Å². The van der Waals surface area contributed by atoms with Crippen molar-refractivity contribution in [3.63, 3.8) is 0 Å². The molecule has 1 aliphatic heterocycles. The van der Waals surface area contributed by atoms with Crippen LogP contribution in [0.3, 0.4) is 0 Å². The SMILES string of the molecule is Cc1nnsc1C(=O)N1CCCC(COc2ncccn2)C1. The number of likely N-dealkylation sites (tertiary alicyclic amines) is 1. The maximum Gasteiger partial charge on any atom is 0.316 e. The standard InChI is InChI=1S/C14H17N5O2S/c1-10-12(22-18-17-10)13(20)19-7-2-4-11(8-19)9-21-14-15-5-3-6-16-14/h3,5-6,11H,2,4,7-9H2,1H3. The Morgan fingerprint density at radius 2 is 2.27 bits per heavy atom. The Hall–Kier alpha value is -2.09. The van der Waals surface area contributed by atoms with E-state index >= 15 is 0 Å². The first-order valence-corrected chi connectivity index (χ1v) is 7.99. The summed E-state index contributed by atoms with van der Waals surface area (Å²) >= 11 is 1.16. The van der Waals surface area contributed by atoms with Gasteiger partial charge in [0.2, 0.25) is 0 Å². The summed E-state index contributed by atoms with van der Waals surface area (Å²) in [5.74, 6) is 0.316. The molecule has 1 unspecified atom stereocenters. The predicted molar refractivity (Wildman–Crippen MR) is 80.8 cm³/mol. The van der Waals surface area contributed by atoms with Gasteiger partial charge in [-0.05, 0) is 37.4 Å². The van der Waals surface area contributed by atoms with E-state index in [-0.39, 0.29) is 5.91 Å². The highest BCUT2D eigenvalue weighted by molar-refractivity contribution is 7.07. The second-order valence-electron chi connectivity index (χ2n) is 5.29. The third kappa shape index (κ3) is 3.38. The van der Waals surface area contributed by atoms with Crippen LogP contribution in [0.4, 0.5) is 0 Å². The summed E-state index contributed by atoms with van der Waals surface area (Å²) in [7, 11) is 0. The van der Waals surface area contributed by atoms with Gasteiger partial charge in [-0.25, -0.2) is 9.97 Å². The molecule has 0 radical (unpaired) electrons. The molecule has 0 bridgehead atoms. The van der Waals surface area contributed by atoms with E-state index in [1.54, 1.807) is 18.5 Å². The van der Waals surface area contributed by atoms with E-state index in [0.717, 1.165) is 30.9 Å². The molecule has 3 heterocycles. The third-order valence-electron chi connectivity index (χ3n) is 3.64. The fraction of sp³-hybridized carbons (Fsp3) is 0.500. The van der Waals surface area contributed by atoms with Crippen molar-refractivity contribution in [2.24, 2.45) is 5.92 Å². The van der Waals surface area contributed by atoms with Gasteiger partial charge in [0.1, 0.15) is 4.88 Å². The highest BCUT2D eigenvalue weighted by Crippen LogP contribution is 2.21. The van der Waals surface area contributed by atoms with Crippen LogP contribution in [-0.2, 0) is 0 Å². The minimum Gasteiger partial charge on any atom is -0.463 e. The molecule has 3 rings (SSSR count). The maximum absolute atomic E-state index is 12.5. The van der Waals surface area contributed by atoms with Gasteiger partial charge < -0.3 is 9.64 Å². The van der Waals surface area contributed by atoms with Crippen LogP contribution >= 0.6 is 11.5 Å². The molecule has 0 saturated carbocycles. The highest BCUT2D eigenvalue weighted by atomic mass is 32.1. The van der Waals surface area contributed by atoms with Crippen molar-refractivity contribution in [2.45, 2.75) is 19.8 Å². The molecule has 1 fully saturated rings. The van der Waals surface area contributed by atoms with Gasteiger partial charge in [0.05, 0.1) is 12.3 Å². The summed E-state index contributed by atoms with van der Waals surface area (Å²) in [5, 5.41) is 3.91. The quantitative estimate of drug-likeness (QED) is 0.851. The molecule has 0 N–H and O–H groups in total. The summed E-state index contributed by atoms with van der Waals surface area (Å²) in [4.78, 5) is 23.1. The molecular weight excluding hydrogens is 302 g/mol. The van der Waals surface area contributed by atoms with Crippen molar-refractivity contribution in [3.8, 4) is 6.01 Å². The van der Waals surface area contributed by atoms with Gasteiger partial charge in [-0.1, -0.05) is 4.49 Å². The Kier molecular flexibility index (Phi) is 4.57. The molecule has 1 amide bonds. The zero-order valence-corrected chi connectivity index (χ0v) is 13.1. The van der Waals surface area contributed by atoms with Crippen molar-refractivity contribution >= 4 is 17.4 Å². The Morgan fingerprint density at radius 3 is 3.00 bits per heavy atom. The lowest BCUT2D eigenvalue weighted by Gasteiger charge is -2.32. The van der Waals surface area contributed by atoms with Gasteiger partial charge in [0.15, 0.2) is 0 Å².